The number of hydrogen-bond donors (Lipinski definition) is 3. The largest absolute Gasteiger partial charge is 0.383 e. The van der Waals surface area contributed by atoms with Crippen molar-refractivity contribution >= 4 is 11.2 Å². The van der Waals surface area contributed by atoms with Crippen molar-refractivity contribution in [2.45, 2.75) is 13.1 Å². The molecule has 0 bridgehead atoms. The van der Waals surface area contributed by atoms with E-state index in [1.807, 2.05) is 0 Å². The highest BCUT2D eigenvalue weighted by Gasteiger charge is 2.12. The highest BCUT2D eigenvalue weighted by atomic mass is 16.5. The van der Waals surface area contributed by atoms with Gasteiger partial charge in [-0.25, -0.2) is 9.78 Å². The van der Waals surface area contributed by atoms with E-state index in [1.165, 1.54) is 4.57 Å². The van der Waals surface area contributed by atoms with Gasteiger partial charge in [-0.05, 0) is 7.05 Å². The van der Waals surface area contributed by atoms with Gasteiger partial charge in [0.2, 0.25) is 0 Å². The SMILES string of the molecule is CNCc1nc2c([nH]1)c(=O)[nH]c(=O)n2CCOC. The fourth-order valence-electron chi connectivity index (χ4n) is 1.73. The number of hydrogen-bond acceptors (Lipinski definition) is 5. The molecule has 0 radical (unpaired) electrons. The lowest BCUT2D eigenvalue weighted by atomic mass is 10.5. The summed E-state index contributed by atoms with van der Waals surface area (Å²) in [5, 5.41) is 2.92. The van der Waals surface area contributed by atoms with Crippen LogP contribution in [0.25, 0.3) is 11.2 Å². The molecule has 0 aliphatic heterocycles. The zero-order valence-electron chi connectivity index (χ0n) is 10.2. The first-order valence-electron chi connectivity index (χ1n) is 5.52. The molecule has 0 fully saturated rings. The second kappa shape index (κ2) is 5.15. The first-order chi connectivity index (χ1) is 8.67. The number of nitrogens with zero attached hydrogens (tertiary/aromatic N) is 2. The number of aromatic amines is 2. The minimum absolute atomic E-state index is 0.302. The van der Waals surface area contributed by atoms with Gasteiger partial charge in [0.1, 0.15) is 11.3 Å². The van der Waals surface area contributed by atoms with Crippen LogP contribution in [-0.2, 0) is 17.8 Å². The van der Waals surface area contributed by atoms with E-state index >= 15 is 0 Å². The molecule has 2 rings (SSSR count). The van der Waals surface area contributed by atoms with Crippen LogP contribution in [0.5, 0.6) is 0 Å². The number of imidazole rings is 1. The van der Waals surface area contributed by atoms with Crippen LogP contribution in [0.4, 0.5) is 0 Å². The molecular weight excluding hydrogens is 238 g/mol. The predicted octanol–water partition coefficient (Wildman–Crippen LogP) is -1.22. The summed E-state index contributed by atoms with van der Waals surface area (Å²) in [5.41, 5.74) is -0.285. The first-order valence-corrected chi connectivity index (χ1v) is 5.52. The zero-order valence-corrected chi connectivity index (χ0v) is 10.2. The van der Waals surface area contributed by atoms with Crippen molar-refractivity contribution in [2.24, 2.45) is 0 Å². The summed E-state index contributed by atoms with van der Waals surface area (Å²) in [5.74, 6) is 0.606. The molecule has 2 aromatic heterocycles. The summed E-state index contributed by atoms with van der Waals surface area (Å²) in [6.45, 7) is 1.20. The number of rotatable bonds is 5. The van der Waals surface area contributed by atoms with Gasteiger partial charge in [0, 0.05) is 7.11 Å². The maximum atomic E-state index is 11.7. The molecule has 0 unspecified atom stereocenters. The summed E-state index contributed by atoms with van der Waals surface area (Å²) in [4.78, 5) is 32.7. The van der Waals surface area contributed by atoms with Gasteiger partial charge < -0.3 is 15.0 Å². The van der Waals surface area contributed by atoms with Crippen LogP contribution in [0.2, 0.25) is 0 Å². The van der Waals surface area contributed by atoms with Crippen molar-refractivity contribution in [2.75, 3.05) is 20.8 Å². The van der Waals surface area contributed by atoms with Crippen molar-refractivity contribution in [1.29, 1.82) is 0 Å². The maximum Gasteiger partial charge on any atom is 0.330 e. The minimum Gasteiger partial charge on any atom is -0.383 e. The second-order valence-electron chi connectivity index (χ2n) is 3.82. The van der Waals surface area contributed by atoms with Gasteiger partial charge in [-0.3, -0.25) is 14.3 Å². The molecule has 0 spiro atoms. The molecule has 2 heterocycles. The van der Waals surface area contributed by atoms with Crippen LogP contribution in [-0.4, -0.2) is 40.3 Å². The average molecular weight is 253 g/mol. The Morgan fingerprint density at radius 3 is 2.83 bits per heavy atom. The number of ether oxygens (including phenoxy) is 1. The van der Waals surface area contributed by atoms with E-state index in [0.29, 0.717) is 36.7 Å². The Morgan fingerprint density at radius 1 is 1.39 bits per heavy atom. The lowest BCUT2D eigenvalue weighted by molar-refractivity contribution is 0.187. The third kappa shape index (κ3) is 2.20. The highest BCUT2D eigenvalue weighted by Crippen LogP contribution is 2.04. The monoisotopic (exact) mass is 253 g/mol. The molecule has 0 aromatic carbocycles. The van der Waals surface area contributed by atoms with Crippen LogP contribution in [0.3, 0.4) is 0 Å². The van der Waals surface area contributed by atoms with Crippen molar-refractivity contribution in [3.05, 3.63) is 26.7 Å². The average Bonchev–Trinajstić information content (AvgIpc) is 2.73. The molecule has 0 amide bonds. The third-order valence-corrected chi connectivity index (χ3v) is 2.55. The highest BCUT2D eigenvalue weighted by molar-refractivity contribution is 5.69. The molecule has 3 N–H and O–H groups in total. The lowest BCUT2D eigenvalue weighted by Crippen LogP contribution is -2.31. The number of fused-ring (bicyclic) bond motifs is 1. The number of methoxy groups -OCH3 is 1. The molecule has 2 aromatic rings. The lowest BCUT2D eigenvalue weighted by Gasteiger charge is -2.04. The molecule has 8 heteroatoms. The van der Waals surface area contributed by atoms with Gasteiger partial charge in [-0.2, -0.15) is 0 Å². The molecule has 0 saturated heterocycles. The summed E-state index contributed by atoms with van der Waals surface area (Å²) in [7, 11) is 3.32. The second-order valence-corrected chi connectivity index (χ2v) is 3.82. The molecule has 0 saturated carbocycles. The van der Waals surface area contributed by atoms with Crippen LogP contribution in [0, 0.1) is 0 Å². The Labute approximate surface area is 102 Å². The van der Waals surface area contributed by atoms with Crippen molar-refractivity contribution in [1.82, 2.24) is 24.8 Å². The van der Waals surface area contributed by atoms with Gasteiger partial charge in [0.15, 0.2) is 5.65 Å². The molecule has 8 nitrogen and oxygen atoms in total. The summed E-state index contributed by atoms with van der Waals surface area (Å²) in [6.07, 6.45) is 0. The summed E-state index contributed by atoms with van der Waals surface area (Å²) < 4.78 is 6.32. The summed E-state index contributed by atoms with van der Waals surface area (Å²) >= 11 is 0. The van der Waals surface area contributed by atoms with Gasteiger partial charge in [-0.15, -0.1) is 0 Å². The normalized spacial score (nSPS) is 11.2. The fourth-order valence-corrected chi connectivity index (χ4v) is 1.73. The van der Waals surface area contributed by atoms with Gasteiger partial charge >= 0.3 is 5.69 Å². The van der Waals surface area contributed by atoms with E-state index < -0.39 is 11.2 Å². The summed E-state index contributed by atoms with van der Waals surface area (Å²) in [6, 6.07) is 0. The van der Waals surface area contributed by atoms with Gasteiger partial charge in [0.25, 0.3) is 5.56 Å². The van der Waals surface area contributed by atoms with E-state index in [1.54, 1.807) is 14.2 Å². The zero-order chi connectivity index (χ0) is 13.1. The maximum absolute atomic E-state index is 11.7. The van der Waals surface area contributed by atoms with Gasteiger partial charge in [0.05, 0.1) is 19.7 Å². The van der Waals surface area contributed by atoms with Crippen LogP contribution in [0.15, 0.2) is 9.59 Å². The van der Waals surface area contributed by atoms with Crippen molar-refractivity contribution in [3.63, 3.8) is 0 Å². The minimum atomic E-state index is -0.480. The Kier molecular flexibility index (Phi) is 3.58. The Hall–Kier alpha value is -1.93. The van der Waals surface area contributed by atoms with Crippen LogP contribution >= 0.6 is 0 Å². The molecule has 0 atom stereocenters. The van der Waals surface area contributed by atoms with Gasteiger partial charge in [-0.1, -0.05) is 0 Å². The topological polar surface area (TPSA) is 105 Å². The first kappa shape index (κ1) is 12.5. The molecule has 0 aliphatic rings. The predicted molar refractivity (Wildman–Crippen MR) is 65.6 cm³/mol. The molecular formula is C10H15N5O3. The van der Waals surface area contributed by atoms with Crippen LogP contribution < -0.4 is 16.6 Å². The van der Waals surface area contributed by atoms with E-state index in [9.17, 15) is 9.59 Å². The standard InChI is InChI=1S/C10H15N5O3/c1-11-5-6-12-7-8(13-6)15(3-4-18-2)10(17)14-9(7)16/h11H,3-5H2,1-2H3,(H,12,13)(H,14,16,17). The van der Waals surface area contributed by atoms with E-state index in [2.05, 4.69) is 20.3 Å². The Morgan fingerprint density at radius 2 is 2.17 bits per heavy atom. The van der Waals surface area contributed by atoms with Crippen LogP contribution in [0.1, 0.15) is 5.82 Å². The number of H-pyrrole nitrogens is 2. The molecule has 0 aliphatic carbocycles. The fraction of sp³-hybridized carbons (Fsp3) is 0.500. The van der Waals surface area contributed by atoms with E-state index in [4.69, 9.17) is 4.74 Å². The molecule has 98 valence electrons. The Balaban J connectivity index is 2.60. The third-order valence-electron chi connectivity index (χ3n) is 2.55. The number of nitrogens with one attached hydrogen (secondary N) is 3. The Bertz CT molecular complexity index is 654. The van der Waals surface area contributed by atoms with Crippen molar-refractivity contribution < 1.29 is 4.74 Å². The number of aromatic nitrogens is 4. The smallest absolute Gasteiger partial charge is 0.330 e. The van der Waals surface area contributed by atoms with Crippen molar-refractivity contribution in [3.8, 4) is 0 Å². The quantitative estimate of drug-likeness (QED) is 0.619. The van der Waals surface area contributed by atoms with E-state index in [0.717, 1.165) is 0 Å². The molecule has 18 heavy (non-hydrogen) atoms. The van der Waals surface area contributed by atoms with E-state index in [-0.39, 0.29) is 0 Å².